The fraction of sp³-hybridized carbons (Fsp3) is 0.308. The molecular weight excluding hydrogens is 424 g/mol. The van der Waals surface area contributed by atoms with Crippen LogP contribution in [0.25, 0.3) is 0 Å². The van der Waals surface area contributed by atoms with Crippen LogP contribution < -0.4 is 4.74 Å². The van der Waals surface area contributed by atoms with Crippen LogP contribution in [0.2, 0.25) is 0 Å². The fourth-order valence-corrected chi connectivity index (χ4v) is 4.02. The number of ether oxygens (including phenoxy) is 2. The molecule has 1 atom stereocenters. The maximum Gasteiger partial charge on any atom is 0.296 e. The lowest BCUT2D eigenvalue weighted by atomic mass is 10.2. The van der Waals surface area contributed by atoms with Gasteiger partial charge in [0.15, 0.2) is 0 Å². The van der Waals surface area contributed by atoms with Crippen LogP contribution in [0.4, 0.5) is 0 Å². The van der Waals surface area contributed by atoms with Gasteiger partial charge >= 0.3 is 0 Å². The summed E-state index contributed by atoms with van der Waals surface area (Å²) in [5, 5.41) is 0. The molecule has 0 spiro atoms. The van der Waals surface area contributed by atoms with Crippen LogP contribution >= 0.6 is 0 Å². The molecule has 0 fully saturated rings. The third kappa shape index (κ3) is 7.79. The van der Waals surface area contributed by atoms with Crippen molar-refractivity contribution in [3.05, 3.63) is 95.6 Å². The van der Waals surface area contributed by atoms with Crippen molar-refractivity contribution < 1.29 is 22.1 Å². The Morgan fingerprint density at radius 1 is 0.812 bits per heavy atom. The van der Waals surface area contributed by atoms with Crippen LogP contribution in [0, 0.1) is 13.8 Å². The van der Waals surface area contributed by atoms with Gasteiger partial charge in [0.2, 0.25) is 0 Å². The predicted molar refractivity (Wildman–Crippen MR) is 125 cm³/mol. The van der Waals surface area contributed by atoms with Crippen molar-refractivity contribution in [1.29, 1.82) is 0 Å². The quantitative estimate of drug-likeness (QED) is 0.269. The van der Waals surface area contributed by atoms with Crippen molar-refractivity contribution in [3.8, 4) is 5.75 Å². The third-order valence-electron chi connectivity index (χ3n) is 5.00. The highest BCUT2D eigenvalue weighted by Crippen LogP contribution is 2.17. The average Bonchev–Trinajstić information content (AvgIpc) is 2.80. The Labute approximate surface area is 191 Å². The van der Waals surface area contributed by atoms with E-state index in [1.54, 1.807) is 24.3 Å². The highest BCUT2D eigenvalue weighted by Gasteiger charge is 2.16. The second-order valence-electron chi connectivity index (χ2n) is 7.77. The molecule has 0 aromatic heterocycles. The molecule has 0 aliphatic rings. The predicted octanol–water partition coefficient (Wildman–Crippen LogP) is 5.45. The molecule has 0 aliphatic heterocycles. The number of rotatable bonds is 12. The molecule has 170 valence electrons. The molecule has 0 saturated heterocycles. The molecule has 0 saturated carbocycles. The van der Waals surface area contributed by atoms with E-state index in [0.29, 0.717) is 26.1 Å². The molecule has 0 bridgehead atoms. The Morgan fingerprint density at radius 3 is 2.09 bits per heavy atom. The van der Waals surface area contributed by atoms with Crippen LogP contribution in [0.5, 0.6) is 5.75 Å². The maximum atomic E-state index is 12.4. The largest absolute Gasteiger partial charge is 0.491 e. The first kappa shape index (κ1) is 24.0. The minimum atomic E-state index is -3.76. The van der Waals surface area contributed by atoms with Crippen molar-refractivity contribution in [2.45, 2.75) is 44.3 Å². The van der Waals surface area contributed by atoms with Gasteiger partial charge in [-0.25, -0.2) is 0 Å². The minimum absolute atomic E-state index is 0.0892. The first-order valence-electron chi connectivity index (χ1n) is 10.7. The average molecular weight is 455 g/mol. The number of benzene rings is 3. The Balaban J connectivity index is 1.52. The minimum Gasteiger partial charge on any atom is -0.491 e. The van der Waals surface area contributed by atoms with E-state index in [-0.39, 0.29) is 17.6 Å². The Morgan fingerprint density at radius 2 is 1.44 bits per heavy atom. The molecule has 32 heavy (non-hydrogen) atoms. The van der Waals surface area contributed by atoms with E-state index >= 15 is 0 Å². The zero-order chi connectivity index (χ0) is 22.8. The molecule has 0 radical (unpaired) electrons. The normalized spacial score (nSPS) is 12.4. The molecule has 3 aromatic rings. The van der Waals surface area contributed by atoms with Crippen molar-refractivity contribution in [2.24, 2.45) is 0 Å². The SMILES string of the molecule is Cc1ccc(OCC(CCCOS(=O)(=O)c2ccc(C)cc2)OCc2ccccc2)cc1. The topological polar surface area (TPSA) is 61.8 Å². The first-order chi connectivity index (χ1) is 15.4. The molecule has 0 aliphatic carbocycles. The molecule has 0 N–H and O–H groups in total. The van der Waals surface area contributed by atoms with Crippen molar-refractivity contribution >= 4 is 10.1 Å². The molecule has 5 nitrogen and oxygen atoms in total. The molecule has 3 aromatic carbocycles. The van der Waals surface area contributed by atoms with Gasteiger partial charge in [-0.15, -0.1) is 0 Å². The summed E-state index contributed by atoms with van der Waals surface area (Å²) >= 11 is 0. The van der Waals surface area contributed by atoms with Crippen molar-refractivity contribution in [2.75, 3.05) is 13.2 Å². The smallest absolute Gasteiger partial charge is 0.296 e. The van der Waals surface area contributed by atoms with Crippen LogP contribution in [0.3, 0.4) is 0 Å². The highest BCUT2D eigenvalue weighted by molar-refractivity contribution is 7.86. The summed E-state index contributed by atoms with van der Waals surface area (Å²) in [4.78, 5) is 0.169. The highest BCUT2D eigenvalue weighted by atomic mass is 32.2. The molecule has 0 heterocycles. The fourth-order valence-electron chi connectivity index (χ4n) is 3.08. The summed E-state index contributed by atoms with van der Waals surface area (Å²) in [5.74, 6) is 0.780. The third-order valence-corrected chi connectivity index (χ3v) is 6.33. The van der Waals surface area contributed by atoms with Gasteiger partial charge in [0.1, 0.15) is 12.4 Å². The van der Waals surface area contributed by atoms with E-state index in [1.807, 2.05) is 68.4 Å². The molecule has 1 unspecified atom stereocenters. The van der Waals surface area contributed by atoms with Crippen LogP contribution in [-0.4, -0.2) is 27.7 Å². The second-order valence-corrected chi connectivity index (χ2v) is 9.39. The lowest BCUT2D eigenvalue weighted by molar-refractivity contribution is 0.00182. The van der Waals surface area contributed by atoms with Gasteiger partial charge in [-0.3, -0.25) is 4.18 Å². The van der Waals surface area contributed by atoms with E-state index in [2.05, 4.69) is 0 Å². The zero-order valence-corrected chi connectivity index (χ0v) is 19.4. The lowest BCUT2D eigenvalue weighted by Crippen LogP contribution is -2.22. The second kappa shape index (κ2) is 11.8. The van der Waals surface area contributed by atoms with Crippen LogP contribution in [0.15, 0.2) is 83.8 Å². The zero-order valence-electron chi connectivity index (χ0n) is 18.6. The van der Waals surface area contributed by atoms with E-state index in [9.17, 15) is 8.42 Å². The molecular formula is C26H30O5S. The summed E-state index contributed by atoms with van der Waals surface area (Å²) in [6.07, 6.45) is 0.950. The summed E-state index contributed by atoms with van der Waals surface area (Å²) < 4.78 is 41.9. The monoisotopic (exact) mass is 454 g/mol. The summed E-state index contributed by atoms with van der Waals surface area (Å²) in [7, 11) is -3.76. The maximum absolute atomic E-state index is 12.4. The number of hydrogen-bond donors (Lipinski definition) is 0. The van der Waals surface area contributed by atoms with Gasteiger partial charge in [0.25, 0.3) is 10.1 Å². The van der Waals surface area contributed by atoms with Crippen molar-refractivity contribution in [3.63, 3.8) is 0 Å². The van der Waals surface area contributed by atoms with Gasteiger partial charge in [-0.05, 0) is 56.5 Å². The van der Waals surface area contributed by atoms with E-state index in [0.717, 1.165) is 16.9 Å². The van der Waals surface area contributed by atoms with Crippen molar-refractivity contribution in [1.82, 2.24) is 0 Å². The Hall–Kier alpha value is -2.67. The summed E-state index contributed by atoms with van der Waals surface area (Å²) in [5.41, 5.74) is 3.24. The van der Waals surface area contributed by atoms with Gasteiger partial charge in [-0.1, -0.05) is 65.7 Å². The Bertz CT molecular complexity index is 1050. The molecule has 3 rings (SSSR count). The summed E-state index contributed by atoms with van der Waals surface area (Å²) in [6.45, 7) is 4.86. The van der Waals surface area contributed by atoms with E-state index < -0.39 is 10.1 Å². The first-order valence-corrected chi connectivity index (χ1v) is 12.1. The summed E-state index contributed by atoms with van der Waals surface area (Å²) in [6, 6.07) is 24.4. The number of hydrogen-bond acceptors (Lipinski definition) is 5. The van der Waals surface area contributed by atoms with Gasteiger partial charge in [-0.2, -0.15) is 8.42 Å². The Kier molecular flexibility index (Phi) is 8.85. The van der Waals surface area contributed by atoms with Gasteiger partial charge in [0.05, 0.1) is 24.2 Å². The molecule has 0 amide bonds. The van der Waals surface area contributed by atoms with Crippen LogP contribution in [0.1, 0.15) is 29.5 Å². The molecule has 6 heteroatoms. The number of aryl methyl sites for hydroxylation is 2. The standard InChI is InChI=1S/C26H30O5S/c1-21-10-14-24(15-11-21)30-20-25(29-19-23-7-4-3-5-8-23)9-6-18-31-32(27,28)26-16-12-22(2)13-17-26/h3-5,7-8,10-17,25H,6,9,18-20H2,1-2H3. The lowest BCUT2D eigenvalue weighted by Gasteiger charge is -2.19. The van der Waals surface area contributed by atoms with E-state index in [1.165, 1.54) is 5.56 Å². The van der Waals surface area contributed by atoms with Crippen LogP contribution in [-0.2, 0) is 25.6 Å². The van der Waals surface area contributed by atoms with Gasteiger partial charge < -0.3 is 9.47 Å². The van der Waals surface area contributed by atoms with Gasteiger partial charge in [0, 0.05) is 0 Å². The van der Waals surface area contributed by atoms with E-state index in [4.69, 9.17) is 13.7 Å².